The van der Waals surface area contributed by atoms with Crippen LogP contribution in [-0.2, 0) is 11.3 Å². The van der Waals surface area contributed by atoms with E-state index in [1.54, 1.807) is 0 Å². The van der Waals surface area contributed by atoms with Crippen LogP contribution in [0.1, 0.15) is 32.8 Å². The lowest BCUT2D eigenvalue weighted by Gasteiger charge is -2.20. The molecule has 0 bridgehead atoms. The smallest absolute Gasteiger partial charge is 0.225 e. The summed E-state index contributed by atoms with van der Waals surface area (Å²) in [7, 11) is 0. The molecule has 0 radical (unpaired) electrons. The Morgan fingerprint density at radius 3 is 2.71 bits per heavy atom. The van der Waals surface area contributed by atoms with Crippen molar-refractivity contribution < 1.29 is 4.79 Å². The predicted octanol–water partition coefficient (Wildman–Crippen LogP) is 2.76. The van der Waals surface area contributed by atoms with E-state index < -0.39 is 0 Å². The van der Waals surface area contributed by atoms with E-state index in [0.717, 1.165) is 36.5 Å². The molecule has 1 heterocycles. The average molecular weight is 395 g/mol. The van der Waals surface area contributed by atoms with Gasteiger partial charge < -0.3 is 15.5 Å². The Bertz CT molecular complexity index is 571. The lowest BCUT2D eigenvalue weighted by atomic mass is 10.2. The fourth-order valence-electron chi connectivity index (χ4n) is 2.72. The van der Waals surface area contributed by atoms with Crippen molar-refractivity contribution in [2.75, 3.05) is 19.6 Å². The SMILES string of the molecule is CCNC(=NCc1ccc(Br)cc1)NC1CCN(C(=O)C(C)C)C1. The Kier molecular flexibility index (Phi) is 7.09. The van der Waals surface area contributed by atoms with Gasteiger partial charge in [0.05, 0.1) is 6.54 Å². The van der Waals surface area contributed by atoms with E-state index in [9.17, 15) is 4.79 Å². The normalized spacial score (nSPS) is 18.1. The van der Waals surface area contributed by atoms with Crippen molar-refractivity contribution in [3.8, 4) is 0 Å². The fourth-order valence-corrected chi connectivity index (χ4v) is 2.98. The first-order valence-electron chi connectivity index (χ1n) is 8.57. The summed E-state index contributed by atoms with van der Waals surface area (Å²) in [6.07, 6.45) is 0.959. The van der Waals surface area contributed by atoms with Crippen LogP contribution in [0.25, 0.3) is 0 Å². The molecule has 24 heavy (non-hydrogen) atoms. The van der Waals surface area contributed by atoms with E-state index in [1.165, 1.54) is 5.56 Å². The fraction of sp³-hybridized carbons (Fsp3) is 0.556. The van der Waals surface area contributed by atoms with Crippen molar-refractivity contribution >= 4 is 27.8 Å². The summed E-state index contributed by atoms with van der Waals surface area (Å²) in [4.78, 5) is 18.7. The minimum Gasteiger partial charge on any atom is -0.357 e. The van der Waals surface area contributed by atoms with Gasteiger partial charge in [-0.05, 0) is 31.0 Å². The van der Waals surface area contributed by atoms with Gasteiger partial charge in [-0.3, -0.25) is 4.79 Å². The highest BCUT2D eigenvalue weighted by molar-refractivity contribution is 9.10. The second-order valence-corrected chi connectivity index (χ2v) is 7.31. The molecule has 5 nitrogen and oxygen atoms in total. The van der Waals surface area contributed by atoms with E-state index in [1.807, 2.05) is 30.9 Å². The molecule has 1 aliphatic rings. The zero-order chi connectivity index (χ0) is 17.5. The molecule has 1 atom stereocenters. The molecule has 2 rings (SSSR count). The second kappa shape index (κ2) is 9.06. The molecule has 132 valence electrons. The molecule has 1 saturated heterocycles. The molecule has 6 heteroatoms. The lowest BCUT2D eigenvalue weighted by Crippen LogP contribution is -2.45. The van der Waals surface area contributed by atoms with Gasteiger partial charge in [-0.1, -0.05) is 41.9 Å². The number of likely N-dealkylation sites (tertiary alicyclic amines) is 1. The predicted molar refractivity (Wildman–Crippen MR) is 102 cm³/mol. The van der Waals surface area contributed by atoms with Gasteiger partial charge in [0, 0.05) is 36.1 Å². The van der Waals surface area contributed by atoms with Crippen LogP contribution in [0.4, 0.5) is 0 Å². The van der Waals surface area contributed by atoms with Crippen molar-refractivity contribution in [1.29, 1.82) is 0 Å². The Labute approximate surface area is 153 Å². The van der Waals surface area contributed by atoms with Gasteiger partial charge >= 0.3 is 0 Å². The number of halogens is 1. The minimum atomic E-state index is 0.0584. The number of benzene rings is 1. The first kappa shape index (κ1) is 18.8. The van der Waals surface area contributed by atoms with Crippen LogP contribution in [0.5, 0.6) is 0 Å². The summed E-state index contributed by atoms with van der Waals surface area (Å²) >= 11 is 3.44. The number of nitrogens with one attached hydrogen (secondary N) is 2. The number of hydrogen-bond donors (Lipinski definition) is 2. The average Bonchev–Trinajstić information content (AvgIpc) is 3.02. The minimum absolute atomic E-state index is 0.0584. The molecule has 1 aliphatic heterocycles. The van der Waals surface area contributed by atoms with Gasteiger partial charge in [-0.2, -0.15) is 0 Å². The summed E-state index contributed by atoms with van der Waals surface area (Å²) in [6, 6.07) is 8.44. The maximum atomic E-state index is 12.1. The number of rotatable bonds is 5. The zero-order valence-corrected chi connectivity index (χ0v) is 16.3. The van der Waals surface area contributed by atoms with E-state index in [0.29, 0.717) is 6.54 Å². The van der Waals surface area contributed by atoms with E-state index in [-0.39, 0.29) is 17.9 Å². The third-order valence-corrected chi connectivity index (χ3v) is 4.54. The van der Waals surface area contributed by atoms with Gasteiger partial charge in [0.15, 0.2) is 5.96 Å². The molecule has 1 amide bonds. The maximum absolute atomic E-state index is 12.1. The maximum Gasteiger partial charge on any atom is 0.225 e. The quantitative estimate of drug-likeness (QED) is 0.596. The zero-order valence-electron chi connectivity index (χ0n) is 14.7. The van der Waals surface area contributed by atoms with Crippen molar-refractivity contribution in [2.45, 2.75) is 39.8 Å². The molecule has 0 aliphatic carbocycles. The summed E-state index contributed by atoms with van der Waals surface area (Å²) in [5, 5.41) is 6.74. The van der Waals surface area contributed by atoms with Crippen LogP contribution >= 0.6 is 15.9 Å². The van der Waals surface area contributed by atoms with Gasteiger partial charge in [0.1, 0.15) is 0 Å². The molecule has 1 unspecified atom stereocenters. The monoisotopic (exact) mass is 394 g/mol. The van der Waals surface area contributed by atoms with Crippen molar-refractivity contribution in [3.63, 3.8) is 0 Å². The van der Waals surface area contributed by atoms with Crippen molar-refractivity contribution in [2.24, 2.45) is 10.9 Å². The first-order valence-corrected chi connectivity index (χ1v) is 9.37. The third-order valence-electron chi connectivity index (χ3n) is 4.01. The highest BCUT2D eigenvalue weighted by atomic mass is 79.9. The Morgan fingerprint density at radius 2 is 2.08 bits per heavy atom. The molecule has 2 N–H and O–H groups in total. The van der Waals surface area contributed by atoms with Gasteiger partial charge in [-0.25, -0.2) is 4.99 Å². The van der Waals surface area contributed by atoms with Crippen molar-refractivity contribution in [3.05, 3.63) is 34.3 Å². The highest BCUT2D eigenvalue weighted by Gasteiger charge is 2.27. The Balaban J connectivity index is 1.92. The Morgan fingerprint density at radius 1 is 1.38 bits per heavy atom. The van der Waals surface area contributed by atoms with Crippen LogP contribution in [-0.4, -0.2) is 42.4 Å². The third kappa shape index (κ3) is 5.51. The lowest BCUT2D eigenvalue weighted by molar-refractivity contribution is -0.133. The summed E-state index contributed by atoms with van der Waals surface area (Å²) in [5.74, 6) is 1.10. The standard InChI is InChI=1S/C18H27BrN4O/c1-4-20-18(21-11-14-5-7-15(19)8-6-14)22-16-9-10-23(12-16)17(24)13(2)3/h5-8,13,16H,4,9-12H2,1-3H3,(H2,20,21,22). The number of nitrogens with zero attached hydrogens (tertiary/aromatic N) is 2. The summed E-state index contributed by atoms with van der Waals surface area (Å²) in [5.41, 5.74) is 1.17. The van der Waals surface area contributed by atoms with Gasteiger partial charge in [0.25, 0.3) is 0 Å². The van der Waals surface area contributed by atoms with Crippen molar-refractivity contribution in [1.82, 2.24) is 15.5 Å². The molecular weight excluding hydrogens is 368 g/mol. The van der Waals surface area contributed by atoms with Crippen LogP contribution in [0.2, 0.25) is 0 Å². The molecule has 0 saturated carbocycles. The number of carbonyl (C=O) groups excluding carboxylic acids is 1. The highest BCUT2D eigenvalue weighted by Crippen LogP contribution is 2.13. The number of amides is 1. The number of guanidine groups is 1. The topological polar surface area (TPSA) is 56.7 Å². The van der Waals surface area contributed by atoms with Gasteiger partial charge in [0.2, 0.25) is 5.91 Å². The molecule has 1 aromatic carbocycles. The van der Waals surface area contributed by atoms with Crippen LogP contribution < -0.4 is 10.6 Å². The number of hydrogen-bond acceptors (Lipinski definition) is 2. The summed E-state index contributed by atoms with van der Waals surface area (Å²) < 4.78 is 1.07. The number of carbonyl (C=O) groups is 1. The summed E-state index contributed by atoms with van der Waals surface area (Å²) in [6.45, 7) is 8.97. The molecule has 1 fully saturated rings. The largest absolute Gasteiger partial charge is 0.357 e. The van der Waals surface area contributed by atoms with Crippen LogP contribution in [0.15, 0.2) is 33.7 Å². The molecule has 0 aromatic heterocycles. The Hall–Kier alpha value is -1.56. The first-order chi connectivity index (χ1) is 11.5. The molecule has 0 spiro atoms. The van der Waals surface area contributed by atoms with E-state index in [2.05, 4.69) is 50.6 Å². The van der Waals surface area contributed by atoms with Crippen LogP contribution in [0, 0.1) is 5.92 Å². The van der Waals surface area contributed by atoms with E-state index >= 15 is 0 Å². The molecular formula is C18H27BrN4O. The number of aliphatic imine (C=N–C) groups is 1. The van der Waals surface area contributed by atoms with Crippen LogP contribution in [0.3, 0.4) is 0 Å². The van der Waals surface area contributed by atoms with E-state index in [4.69, 9.17) is 0 Å². The molecule has 1 aromatic rings. The second-order valence-electron chi connectivity index (χ2n) is 6.39. The van der Waals surface area contributed by atoms with Gasteiger partial charge in [-0.15, -0.1) is 0 Å².